The second-order valence-electron chi connectivity index (χ2n) is 27.5. The molecule has 2 aromatic carbocycles. The third-order valence-electron chi connectivity index (χ3n) is 15.5. The molecule has 0 saturated heterocycles. The third-order valence-corrected chi connectivity index (χ3v) is 16.0. The summed E-state index contributed by atoms with van der Waals surface area (Å²) in [5.74, 6) is 4.72. The van der Waals surface area contributed by atoms with Gasteiger partial charge in [-0.05, 0) is 113 Å². The number of hydrogen-bond donors (Lipinski definition) is 4. The lowest BCUT2D eigenvalue weighted by atomic mass is 9.59. The first-order valence-electron chi connectivity index (χ1n) is 28.3. The number of nitrogens with zero attached hydrogens (tertiary/aromatic N) is 1. The summed E-state index contributed by atoms with van der Waals surface area (Å²) in [6.45, 7) is 46.7. The quantitative estimate of drug-likeness (QED) is 0.0449. The molecule has 2 fully saturated rings. The minimum atomic E-state index is -0.356. The molecule has 0 aliphatic heterocycles. The van der Waals surface area contributed by atoms with Gasteiger partial charge in [0.1, 0.15) is 40.8 Å². The molecule has 77 heavy (non-hydrogen) atoms. The molecule has 4 aromatic rings. The van der Waals surface area contributed by atoms with Crippen molar-refractivity contribution in [3.63, 3.8) is 0 Å². The topological polar surface area (TPSA) is 158 Å². The highest BCUT2D eigenvalue weighted by molar-refractivity contribution is 6.31. The van der Waals surface area contributed by atoms with Crippen LogP contribution in [0.3, 0.4) is 0 Å². The van der Waals surface area contributed by atoms with Crippen molar-refractivity contribution in [1.82, 2.24) is 9.97 Å². The van der Waals surface area contributed by atoms with Gasteiger partial charge in [-0.2, -0.15) is 0 Å². The van der Waals surface area contributed by atoms with Crippen molar-refractivity contribution in [2.45, 2.75) is 182 Å². The van der Waals surface area contributed by atoms with Gasteiger partial charge in [0.25, 0.3) is 0 Å². The molecule has 4 unspecified atom stereocenters. The van der Waals surface area contributed by atoms with E-state index in [1.54, 1.807) is 6.20 Å². The highest BCUT2D eigenvalue weighted by atomic mass is 35.5. The minimum absolute atomic E-state index is 0.00293. The highest BCUT2D eigenvalue weighted by Gasteiger charge is 2.50. The van der Waals surface area contributed by atoms with Gasteiger partial charge in [0.05, 0.1) is 12.4 Å². The number of nitrogen functional groups attached to an aromatic ring is 1. The number of aromatic amines is 2. The lowest BCUT2D eigenvalue weighted by Gasteiger charge is -2.50. The van der Waals surface area contributed by atoms with Gasteiger partial charge in [-0.25, -0.2) is 14.6 Å². The van der Waals surface area contributed by atoms with E-state index in [0.29, 0.717) is 68.7 Å². The maximum atomic E-state index is 14.1. The second kappa shape index (κ2) is 27.0. The Labute approximate surface area is 475 Å². The van der Waals surface area contributed by atoms with Crippen LogP contribution in [0.5, 0.6) is 0 Å². The van der Waals surface area contributed by atoms with E-state index in [9.17, 15) is 9.59 Å². The van der Waals surface area contributed by atoms with Crippen LogP contribution in [0.2, 0.25) is 10.0 Å². The molecule has 428 valence electrons. The number of ether oxygens (including phenoxy) is 3. The van der Waals surface area contributed by atoms with Crippen molar-refractivity contribution in [3.8, 4) is 22.3 Å². The van der Waals surface area contributed by atoms with Gasteiger partial charge in [-0.1, -0.05) is 179 Å². The van der Waals surface area contributed by atoms with Gasteiger partial charge in [0, 0.05) is 70.1 Å². The van der Waals surface area contributed by atoms with E-state index >= 15 is 0 Å². The average Bonchev–Trinajstić information content (AvgIpc) is 3.89. The van der Waals surface area contributed by atoms with Crippen LogP contribution in [0.25, 0.3) is 22.3 Å². The molecule has 12 heteroatoms. The summed E-state index contributed by atoms with van der Waals surface area (Å²) >= 11 is 12.2. The molecule has 2 aliphatic carbocycles. The van der Waals surface area contributed by atoms with Gasteiger partial charge in [0.2, 0.25) is 0 Å². The smallest absolute Gasteiger partial charge is 0.342 e. The zero-order chi connectivity index (χ0) is 58.1. The number of anilines is 1. The van der Waals surface area contributed by atoms with E-state index in [0.717, 1.165) is 66.7 Å². The highest BCUT2D eigenvalue weighted by Crippen LogP contribution is 2.52. The Hall–Kier alpha value is -4.67. The number of aromatic nitrogens is 2. The third kappa shape index (κ3) is 18.4. The zero-order valence-corrected chi connectivity index (χ0v) is 52.1. The monoisotopic (exact) mass is 1100 g/mol. The van der Waals surface area contributed by atoms with Gasteiger partial charge in [-0.3, -0.25) is 0 Å². The first-order chi connectivity index (χ1) is 35.5. The molecule has 2 aliphatic rings. The number of rotatable bonds is 13. The van der Waals surface area contributed by atoms with Crippen molar-refractivity contribution < 1.29 is 23.8 Å². The molecule has 0 spiro atoms. The van der Waals surface area contributed by atoms with E-state index in [4.69, 9.17) is 48.9 Å². The lowest BCUT2D eigenvalue weighted by molar-refractivity contribution is -0.0927. The predicted octanol–water partition coefficient (Wildman–Crippen LogP) is 18.4. The number of nitrogens with one attached hydrogen (secondary N) is 2. The van der Waals surface area contributed by atoms with Gasteiger partial charge < -0.3 is 35.6 Å². The molecular formula is C65H99Cl2N5O5. The molecule has 10 nitrogen and oxygen atoms in total. The Bertz CT molecular complexity index is 2520. The van der Waals surface area contributed by atoms with Crippen molar-refractivity contribution in [1.29, 1.82) is 0 Å². The Balaban J connectivity index is 0.000000290. The molecule has 0 radical (unpaired) electrons. The van der Waals surface area contributed by atoms with E-state index in [1.165, 1.54) is 0 Å². The number of carbonyl (C=O) groups is 2. The molecule has 4 atom stereocenters. The Morgan fingerprint density at radius 1 is 0.623 bits per heavy atom. The summed E-state index contributed by atoms with van der Waals surface area (Å²) < 4.78 is 18.1. The number of halogens is 2. The normalized spacial score (nSPS) is 22.4. The van der Waals surface area contributed by atoms with E-state index in [2.05, 4.69) is 146 Å². The Morgan fingerprint density at radius 3 is 1.32 bits per heavy atom. The summed E-state index contributed by atoms with van der Waals surface area (Å²) in [7, 11) is 0. The molecular weight excluding hydrogens is 1000 g/mol. The summed E-state index contributed by atoms with van der Waals surface area (Å²) in [6, 6.07) is 14.9. The summed E-state index contributed by atoms with van der Waals surface area (Å²) in [5, 5.41) is 1.29. The van der Waals surface area contributed by atoms with Crippen molar-refractivity contribution in [2.75, 3.05) is 12.3 Å². The predicted molar refractivity (Wildman–Crippen MR) is 325 cm³/mol. The fourth-order valence-corrected chi connectivity index (χ4v) is 11.8. The van der Waals surface area contributed by atoms with Gasteiger partial charge in [-0.15, -0.1) is 0 Å². The van der Waals surface area contributed by atoms with Gasteiger partial charge >= 0.3 is 11.9 Å². The molecule has 0 amide bonds. The molecule has 0 bridgehead atoms. The number of nitrogens with two attached hydrogens (primary N) is 2. The number of esters is 2. The molecule has 2 heterocycles. The largest absolute Gasteiger partial charge is 0.499 e. The standard InChI is InChI=1S/C31H46ClN3O2.C26H37ClN2O2.C8H16O/c1-18(2)14-25(33)35-28-26(22(17-34-28)20-10-12-21(32)13-11-20)29(36)37-27-23(30(4,5)6)15-19(3)16-24(27)31(7,8)9;1-15-12-19(25(2,3)4)22(20(13-15)26(5,6)7)31-24(30)21-18(14-29-23(21)28)16-8-10-17(27)11-9-16;1-5-9-8(4)6-7(2)3/h10-13,17-19,23-24,27,34H,14-16H2,1-9H3,(H2,33,35);8-11,14-15,19-20,22,29H,12-13,28H2,1-7H3;7H,4-6H2,1-3H3. The fourth-order valence-electron chi connectivity index (χ4n) is 11.5. The first kappa shape index (κ1) is 64.9. The lowest BCUT2D eigenvalue weighted by Crippen LogP contribution is -2.49. The number of aliphatic imine (C=N–C) groups is 1. The van der Waals surface area contributed by atoms with E-state index < -0.39 is 0 Å². The van der Waals surface area contributed by atoms with Crippen molar-refractivity contribution in [2.24, 2.45) is 79.7 Å². The van der Waals surface area contributed by atoms with Crippen LogP contribution in [-0.2, 0) is 14.2 Å². The number of carbonyl (C=O) groups excluding carboxylic acids is 2. The maximum absolute atomic E-state index is 14.1. The van der Waals surface area contributed by atoms with Crippen molar-refractivity contribution in [3.05, 3.63) is 94.4 Å². The fraction of sp³-hybridized carbons (Fsp3) is 0.615. The van der Waals surface area contributed by atoms with E-state index in [-0.39, 0.29) is 69.5 Å². The van der Waals surface area contributed by atoms with Crippen LogP contribution in [0.1, 0.15) is 191 Å². The Kier molecular flexibility index (Phi) is 22.7. The van der Waals surface area contributed by atoms with Crippen LogP contribution < -0.4 is 11.5 Å². The van der Waals surface area contributed by atoms with Crippen molar-refractivity contribution >= 4 is 52.6 Å². The summed E-state index contributed by atoms with van der Waals surface area (Å²) in [4.78, 5) is 38.5. The van der Waals surface area contributed by atoms with Crippen LogP contribution in [0.4, 0.5) is 11.6 Å². The van der Waals surface area contributed by atoms with Crippen LogP contribution >= 0.6 is 23.2 Å². The Morgan fingerprint density at radius 2 is 0.974 bits per heavy atom. The average molecular weight is 1100 g/mol. The molecule has 2 aromatic heterocycles. The maximum Gasteiger partial charge on any atom is 0.342 e. The number of allylic oxidation sites excluding steroid dienone is 1. The number of benzene rings is 2. The van der Waals surface area contributed by atoms with Crippen LogP contribution in [-0.4, -0.2) is 46.6 Å². The SMILES string of the molecule is C=C(CC(C)C)OCC.CC(C)CC(N)=Nc1[nH]cc(-c2ccc(Cl)cc2)c1C(=O)OC1C(C(C)(C)C)CC(C)CC1C(C)(C)C.CC1CC(C(C)(C)C)C(OC(=O)c2c(-c3ccc(Cl)cc3)c[nH]c2N)C(C(C)(C)C)C1. The second-order valence-corrected chi connectivity index (χ2v) is 28.4. The van der Waals surface area contributed by atoms with E-state index in [1.807, 2.05) is 61.7 Å². The summed E-state index contributed by atoms with van der Waals surface area (Å²) in [5.41, 5.74) is 16.6. The van der Waals surface area contributed by atoms with Crippen LogP contribution in [0, 0.1) is 69.0 Å². The number of hydrogen-bond acceptors (Lipinski definition) is 7. The minimum Gasteiger partial charge on any atom is -0.499 e. The van der Waals surface area contributed by atoms with Gasteiger partial charge in [0.15, 0.2) is 0 Å². The first-order valence-corrected chi connectivity index (χ1v) is 29.0. The van der Waals surface area contributed by atoms with Crippen LogP contribution in [0.15, 0.2) is 78.3 Å². The number of amidine groups is 1. The molecule has 6 rings (SSSR count). The number of H-pyrrole nitrogens is 2. The summed E-state index contributed by atoms with van der Waals surface area (Å²) in [6.07, 6.45) is 9.04. The zero-order valence-electron chi connectivity index (χ0n) is 50.6. The molecule has 2 saturated carbocycles. The molecule has 6 N–H and O–H groups in total.